The van der Waals surface area contributed by atoms with Gasteiger partial charge in [-0.15, -0.1) is 0 Å². The molecule has 1 fully saturated rings. The predicted octanol–water partition coefficient (Wildman–Crippen LogP) is 3.57. The first-order valence-corrected chi connectivity index (χ1v) is 11.3. The van der Waals surface area contributed by atoms with Crippen molar-refractivity contribution in [2.24, 2.45) is 5.41 Å². The lowest BCUT2D eigenvalue weighted by Gasteiger charge is -2.37. The van der Waals surface area contributed by atoms with Crippen LogP contribution in [0, 0.1) is 16.7 Å². The first-order chi connectivity index (χ1) is 16.3. The number of rotatable bonds is 5. The van der Waals surface area contributed by atoms with Gasteiger partial charge < -0.3 is 29.8 Å². The van der Waals surface area contributed by atoms with E-state index in [1.54, 1.807) is 38.3 Å². The van der Waals surface area contributed by atoms with Crippen molar-refractivity contribution < 1.29 is 19.1 Å². The van der Waals surface area contributed by atoms with Gasteiger partial charge in [0.2, 0.25) is 5.95 Å². The average Bonchev–Trinajstić information content (AvgIpc) is 3.29. The van der Waals surface area contributed by atoms with Gasteiger partial charge in [0, 0.05) is 31.5 Å². The van der Waals surface area contributed by atoms with Crippen LogP contribution in [0.15, 0.2) is 34.9 Å². The van der Waals surface area contributed by atoms with Crippen molar-refractivity contribution in [3.8, 4) is 11.8 Å². The summed E-state index contributed by atoms with van der Waals surface area (Å²) in [6, 6.07) is 9.60. The topological polar surface area (TPSA) is 137 Å². The number of carbonyl (C=O) groups excluding carboxylic acids is 1. The number of aromatic nitrogens is 2. The maximum atomic E-state index is 12.3. The third-order valence-electron chi connectivity index (χ3n) is 6.53. The highest BCUT2D eigenvalue weighted by Crippen LogP contribution is 2.38. The normalized spacial score (nSPS) is 18.5. The molecule has 0 unspecified atom stereocenters. The van der Waals surface area contributed by atoms with E-state index in [1.165, 1.54) is 0 Å². The zero-order valence-electron chi connectivity index (χ0n) is 19.1. The summed E-state index contributed by atoms with van der Waals surface area (Å²) in [7, 11) is 0. The predicted molar refractivity (Wildman–Crippen MR) is 126 cm³/mol. The van der Waals surface area contributed by atoms with Gasteiger partial charge in [-0.2, -0.15) is 10.2 Å². The minimum absolute atomic E-state index is 0.00132. The molecule has 1 aromatic carbocycles. The maximum absolute atomic E-state index is 12.3. The molecule has 2 aliphatic rings. The third kappa shape index (κ3) is 3.88. The zero-order chi connectivity index (χ0) is 23.9. The van der Waals surface area contributed by atoms with Gasteiger partial charge in [0.25, 0.3) is 5.91 Å². The Morgan fingerprint density at radius 2 is 2.06 bits per heavy atom. The molecule has 0 bridgehead atoms. The lowest BCUT2D eigenvalue weighted by molar-refractivity contribution is -0.129. The summed E-state index contributed by atoms with van der Waals surface area (Å²) in [6.07, 6.45) is 3.33. The van der Waals surface area contributed by atoms with Crippen LogP contribution >= 0.6 is 0 Å². The molecule has 0 radical (unpaired) electrons. The standard InChI is InChI=1S/C24H26N6O4/c1-23(2)21(32)27-17-13-15(3-4-18(17)34-23)26-22-28-16-5-12-33-19(16)20(29-22)30-9-6-24(14-25,7-10-30)8-11-31/h3-5,12-13,31H,6-11H2,1-2H3,(H,27,32)(H,26,28,29). The number of benzene rings is 1. The van der Waals surface area contributed by atoms with E-state index in [1.807, 2.05) is 6.07 Å². The molecular weight excluding hydrogens is 436 g/mol. The van der Waals surface area contributed by atoms with Crippen LogP contribution in [-0.4, -0.2) is 46.3 Å². The van der Waals surface area contributed by atoms with Gasteiger partial charge in [-0.3, -0.25) is 4.79 Å². The monoisotopic (exact) mass is 462 g/mol. The van der Waals surface area contributed by atoms with Crippen LogP contribution in [0.3, 0.4) is 0 Å². The summed E-state index contributed by atoms with van der Waals surface area (Å²) in [5, 5.41) is 25.1. The highest BCUT2D eigenvalue weighted by atomic mass is 16.5. The molecule has 10 heteroatoms. The molecule has 2 aliphatic heterocycles. The first-order valence-electron chi connectivity index (χ1n) is 11.3. The van der Waals surface area contributed by atoms with E-state index in [4.69, 9.17) is 14.1 Å². The van der Waals surface area contributed by atoms with Gasteiger partial charge in [-0.05, 0) is 51.3 Å². The quantitative estimate of drug-likeness (QED) is 0.520. The fraction of sp³-hybridized carbons (Fsp3) is 0.417. The van der Waals surface area contributed by atoms with Crippen molar-refractivity contribution in [3.05, 3.63) is 30.5 Å². The van der Waals surface area contributed by atoms with Crippen LogP contribution in [0.4, 0.5) is 23.1 Å². The summed E-state index contributed by atoms with van der Waals surface area (Å²) in [5.74, 6) is 1.43. The van der Waals surface area contributed by atoms with E-state index in [-0.39, 0.29) is 12.5 Å². The molecule has 4 heterocycles. The molecule has 5 rings (SSSR count). The van der Waals surface area contributed by atoms with Crippen LogP contribution in [0.5, 0.6) is 5.75 Å². The van der Waals surface area contributed by atoms with E-state index >= 15 is 0 Å². The minimum Gasteiger partial charge on any atom is -0.476 e. The Morgan fingerprint density at radius 3 is 2.79 bits per heavy atom. The van der Waals surface area contributed by atoms with E-state index in [0.29, 0.717) is 72.3 Å². The van der Waals surface area contributed by atoms with Crippen LogP contribution < -0.4 is 20.3 Å². The number of aliphatic hydroxyl groups excluding tert-OH is 1. The van der Waals surface area contributed by atoms with Crippen molar-refractivity contribution in [3.63, 3.8) is 0 Å². The van der Waals surface area contributed by atoms with Gasteiger partial charge in [0.15, 0.2) is 17.0 Å². The van der Waals surface area contributed by atoms with Crippen LogP contribution in [-0.2, 0) is 4.79 Å². The van der Waals surface area contributed by atoms with Crippen LogP contribution in [0.1, 0.15) is 33.1 Å². The average molecular weight is 463 g/mol. The number of aliphatic hydroxyl groups is 1. The minimum atomic E-state index is -0.930. The van der Waals surface area contributed by atoms with Gasteiger partial charge >= 0.3 is 0 Å². The molecule has 3 N–H and O–H groups in total. The van der Waals surface area contributed by atoms with Crippen molar-refractivity contribution >= 4 is 40.1 Å². The molecule has 1 amide bonds. The highest BCUT2D eigenvalue weighted by Gasteiger charge is 2.36. The Balaban J connectivity index is 1.41. The van der Waals surface area contributed by atoms with Gasteiger partial charge in [-0.25, -0.2) is 4.98 Å². The number of hydrogen-bond donors (Lipinski definition) is 3. The van der Waals surface area contributed by atoms with E-state index in [2.05, 4.69) is 26.6 Å². The Labute approximate surface area is 196 Å². The molecule has 0 spiro atoms. The second kappa shape index (κ2) is 8.18. The molecule has 1 saturated heterocycles. The number of anilines is 4. The van der Waals surface area contributed by atoms with Crippen molar-refractivity contribution in [2.45, 2.75) is 38.7 Å². The number of hydrogen-bond acceptors (Lipinski definition) is 9. The van der Waals surface area contributed by atoms with Gasteiger partial charge in [0.1, 0.15) is 11.3 Å². The SMILES string of the molecule is CC1(C)Oc2ccc(Nc3nc(N4CCC(C#N)(CCO)CC4)c4occc4n3)cc2NC1=O. The summed E-state index contributed by atoms with van der Waals surface area (Å²) in [6.45, 7) is 4.69. The number of furan rings is 1. The van der Waals surface area contributed by atoms with Gasteiger partial charge in [0.05, 0.1) is 23.4 Å². The Hall–Kier alpha value is -3.84. The van der Waals surface area contributed by atoms with Crippen LogP contribution in [0.2, 0.25) is 0 Å². The van der Waals surface area contributed by atoms with Crippen LogP contribution in [0.25, 0.3) is 11.1 Å². The number of carbonyl (C=O) groups is 1. The number of nitrogens with one attached hydrogen (secondary N) is 2. The summed E-state index contributed by atoms with van der Waals surface area (Å²) >= 11 is 0. The molecule has 10 nitrogen and oxygen atoms in total. The second-order valence-corrected chi connectivity index (χ2v) is 9.26. The number of fused-ring (bicyclic) bond motifs is 2. The molecule has 0 aliphatic carbocycles. The summed E-state index contributed by atoms with van der Waals surface area (Å²) < 4.78 is 11.5. The number of nitriles is 1. The molecule has 3 aromatic rings. The van der Waals surface area contributed by atoms with E-state index in [0.717, 1.165) is 0 Å². The van der Waals surface area contributed by atoms with Crippen molar-refractivity contribution in [1.29, 1.82) is 5.26 Å². The lowest BCUT2D eigenvalue weighted by Crippen LogP contribution is -2.45. The fourth-order valence-electron chi connectivity index (χ4n) is 4.41. The van der Waals surface area contributed by atoms with Gasteiger partial charge in [-0.1, -0.05) is 0 Å². The summed E-state index contributed by atoms with van der Waals surface area (Å²) in [4.78, 5) is 23.6. The van der Waals surface area contributed by atoms with Crippen molar-refractivity contribution in [1.82, 2.24) is 9.97 Å². The molecule has 2 aromatic heterocycles. The van der Waals surface area contributed by atoms with E-state index < -0.39 is 11.0 Å². The third-order valence-corrected chi connectivity index (χ3v) is 6.53. The zero-order valence-corrected chi connectivity index (χ0v) is 19.1. The number of amides is 1. The second-order valence-electron chi connectivity index (χ2n) is 9.26. The Kier molecular flexibility index (Phi) is 5.29. The Morgan fingerprint density at radius 1 is 1.26 bits per heavy atom. The summed E-state index contributed by atoms with van der Waals surface area (Å²) in [5.41, 5.74) is 1.09. The maximum Gasteiger partial charge on any atom is 0.268 e. The van der Waals surface area contributed by atoms with E-state index in [9.17, 15) is 15.2 Å². The number of ether oxygens (including phenoxy) is 1. The number of piperidine rings is 1. The number of nitrogens with zero attached hydrogens (tertiary/aromatic N) is 4. The molecule has 176 valence electrons. The molecule has 34 heavy (non-hydrogen) atoms. The molecular formula is C24H26N6O4. The lowest BCUT2D eigenvalue weighted by atomic mass is 9.77. The molecule has 0 saturated carbocycles. The smallest absolute Gasteiger partial charge is 0.268 e. The Bertz CT molecular complexity index is 1290. The first kappa shape index (κ1) is 22.0. The fourth-order valence-corrected chi connectivity index (χ4v) is 4.41. The molecule has 0 atom stereocenters. The largest absolute Gasteiger partial charge is 0.476 e. The van der Waals surface area contributed by atoms with Crippen molar-refractivity contribution in [2.75, 3.05) is 35.2 Å². The highest BCUT2D eigenvalue weighted by molar-refractivity contribution is 6.00.